The molecule has 1 aliphatic heterocycles. The second-order valence-electron chi connectivity index (χ2n) is 5.45. The van der Waals surface area contributed by atoms with Crippen LogP contribution in [0, 0.1) is 0 Å². The van der Waals surface area contributed by atoms with Crippen LogP contribution in [0.25, 0.3) is 5.69 Å². The summed E-state index contributed by atoms with van der Waals surface area (Å²) in [5.74, 6) is -0.192. The van der Waals surface area contributed by atoms with Crippen LogP contribution in [-0.4, -0.2) is 38.9 Å². The first-order valence-electron chi connectivity index (χ1n) is 7.34. The number of carbonyl (C=O) groups excluding carboxylic acids is 1. The van der Waals surface area contributed by atoms with E-state index in [0.29, 0.717) is 18.8 Å². The van der Waals surface area contributed by atoms with E-state index in [1.807, 2.05) is 0 Å². The van der Waals surface area contributed by atoms with Crippen molar-refractivity contribution in [3.05, 3.63) is 41.7 Å². The maximum atomic E-state index is 12.6. The van der Waals surface area contributed by atoms with Gasteiger partial charge in [-0.2, -0.15) is 13.2 Å². The number of alkyl halides is 3. The molecule has 0 atom stereocenters. The highest BCUT2D eigenvalue weighted by Gasteiger charge is 2.30. The van der Waals surface area contributed by atoms with Crippen LogP contribution in [0.1, 0.15) is 35.3 Å². The van der Waals surface area contributed by atoms with Crippen molar-refractivity contribution in [1.29, 1.82) is 0 Å². The molecular weight excluding hydrogens is 309 g/mol. The molecule has 1 aliphatic rings. The molecule has 0 spiro atoms. The Balaban J connectivity index is 1.77. The molecule has 1 amide bonds. The largest absolute Gasteiger partial charge is 0.416 e. The minimum absolute atomic E-state index is 0.192. The van der Waals surface area contributed by atoms with Crippen LogP contribution in [0.15, 0.2) is 30.5 Å². The minimum atomic E-state index is -4.38. The first-order chi connectivity index (χ1) is 10.9. The standard InChI is InChI=1S/C15H15F3N4O/c16-15(17,18)11-4-6-12(7-5-11)22-10-13(19-20-22)14(23)21-8-2-1-3-9-21/h4-7,10H,1-3,8-9H2. The fourth-order valence-corrected chi connectivity index (χ4v) is 2.55. The second kappa shape index (κ2) is 6.02. The predicted molar refractivity (Wildman–Crippen MR) is 76.1 cm³/mol. The van der Waals surface area contributed by atoms with E-state index in [-0.39, 0.29) is 11.6 Å². The zero-order chi connectivity index (χ0) is 16.4. The fourth-order valence-electron chi connectivity index (χ4n) is 2.55. The molecule has 0 unspecified atom stereocenters. The summed E-state index contributed by atoms with van der Waals surface area (Å²) < 4.78 is 39.0. The van der Waals surface area contributed by atoms with E-state index in [4.69, 9.17) is 0 Å². The lowest BCUT2D eigenvalue weighted by Crippen LogP contribution is -2.35. The van der Waals surface area contributed by atoms with Gasteiger partial charge < -0.3 is 4.90 Å². The third-order valence-electron chi connectivity index (χ3n) is 3.81. The van der Waals surface area contributed by atoms with Gasteiger partial charge in [0.2, 0.25) is 0 Å². The van der Waals surface area contributed by atoms with Crippen LogP contribution in [0.3, 0.4) is 0 Å². The number of aromatic nitrogens is 3. The Labute approximate surface area is 130 Å². The van der Waals surface area contributed by atoms with Gasteiger partial charge >= 0.3 is 6.18 Å². The highest BCUT2D eigenvalue weighted by atomic mass is 19.4. The lowest BCUT2D eigenvalue weighted by molar-refractivity contribution is -0.137. The van der Waals surface area contributed by atoms with Crippen LogP contribution in [-0.2, 0) is 6.18 Å². The maximum Gasteiger partial charge on any atom is 0.416 e. The molecule has 5 nitrogen and oxygen atoms in total. The Morgan fingerprint density at radius 3 is 2.30 bits per heavy atom. The Morgan fingerprint density at radius 1 is 1.04 bits per heavy atom. The maximum absolute atomic E-state index is 12.6. The average molecular weight is 324 g/mol. The molecule has 0 bridgehead atoms. The van der Waals surface area contributed by atoms with Gasteiger partial charge in [-0.3, -0.25) is 4.79 Å². The summed E-state index contributed by atoms with van der Waals surface area (Å²) in [7, 11) is 0. The summed E-state index contributed by atoms with van der Waals surface area (Å²) in [4.78, 5) is 14.0. The van der Waals surface area contributed by atoms with Crippen LogP contribution >= 0.6 is 0 Å². The van der Waals surface area contributed by atoms with Crippen LogP contribution in [0.4, 0.5) is 13.2 Å². The summed E-state index contributed by atoms with van der Waals surface area (Å²) >= 11 is 0. The number of hydrogen-bond acceptors (Lipinski definition) is 3. The van der Waals surface area contributed by atoms with E-state index in [1.165, 1.54) is 23.0 Å². The molecular formula is C15H15F3N4O. The van der Waals surface area contributed by atoms with Gasteiger partial charge in [-0.25, -0.2) is 4.68 Å². The molecule has 122 valence electrons. The van der Waals surface area contributed by atoms with Gasteiger partial charge in [-0.1, -0.05) is 5.21 Å². The number of rotatable bonds is 2. The number of piperidine rings is 1. The fraction of sp³-hybridized carbons (Fsp3) is 0.400. The highest BCUT2D eigenvalue weighted by molar-refractivity contribution is 5.92. The van der Waals surface area contributed by atoms with Crippen molar-refractivity contribution in [3.63, 3.8) is 0 Å². The van der Waals surface area contributed by atoms with Crippen molar-refractivity contribution < 1.29 is 18.0 Å². The van der Waals surface area contributed by atoms with Gasteiger partial charge in [0.25, 0.3) is 5.91 Å². The summed E-state index contributed by atoms with van der Waals surface area (Å²) in [5.41, 5.74) is -0.110. The zero-order valence-corrected chi connectivity index (χ0v) is 12.3. The van der Waals surface area contributed by atoms with Crippen molar-refractivity contribution in [2.24, 2.45) is 0 Å². The van der Waals surface area contributed by atoms with Crippen LogP contribution < -0.4 is 0 Å². The summed E-state index contributed by atoms with van der Waals surface area (Å²) in [6, 6.07) is 4.55. The Morgan fingerprint density at radius 2 is 1.70 bits per heavy atom. The number of hydrogen-bond donors (Lipinski definition) is 0. The van der Waals surface area contributed by atoms with Crippen molar-refractivity contribution >= 4 is 5.91 Å². The zero-order valence-electron chi connectivity index (χ0n) is 12.3. The smallest absolute Gasteiger partial charge is 0.337 e. The molecule has 0 saturated carbocycles. The molecule has 2 heterocycles. The first kappa shape index (κ1) is 15.5. The number of halogens is 3. The normalized spacial score (nSPS) is 15.7. The molecule has 0 N–H and O–H groups in total. The highest BCUT2D eigenvalue weighted by Crippen LogP contribution is 2.29. The molecule has 23 heavy (non-hydrogen) atoms. The Kier molecular flexibility index (Phi) is 4.06. The molecule has 1 aromatic carbocycles. The number of benzene rings is 1. The molecule has 3 rings (SSSR count). The summed E-state index contributed by atoms with van der Waals surface area (Å²) in [5, 5.41) is 7.67. The van der Waals surface area contributed by atoms with Gasteiger partial charge in [0, 0.05) is 13.1 Å². The predicted octanol–water partition coefficient (Wildman–Crippen LogP) is 2.91. The second-order valence-corrected chi connectivity index (χ2v) is 5.45. The number of nitrogens with zero attached hydrogens (tertiary/aromatic N) is 4. The van der Waals surface area contributed by atoms with Gasteiger partial charge in [0.1, 0.15) is 0 Å². The minimum Gasteiger partial charge on any atom is -0.337 e. The molecule has 2 aromatic rings. The van der Waals surface area contributed by atoms with E-state index in [1.54, 1.807) is 4.90 Å². The van der Waals surface area contributed by atoms with Crippen LogP contribution in [0.2, 0.25) is 0 Å². The molecule has 8 heteroatoms. The molecule has 0 radical (unpaired) electrons. The summed E-state index contributed by atoms with van der Waals surface area (Å²) in [6.07, 6.45) is 0.120. The van der Waals surface area contributed by atoms with Crippen molar-refractivity contribution in [3.8, 4) is 5.69 Å². The molecule has 1 saturated heterocycles. The SMILES string of the molecule is O=C(c1cn(-c2ccc(C(F)(F)F)cc2)nn1)N1CCCCC1. The number of carbonyl (C=O) groups is 1. The third kappa shape index (κ3) is 3.35. The van der Waals surface area contributed by atoms with E-state index in [2.05, 4.69) is 10.3 Å². The van der Waals surface area contributed by atoms with Gasteiger partial charge in [-0.15, -0.1) is 5.10 Å². The quantitative estimate of drug-likeness (QED) is 0.853. The van der Waals surface area contributed by atoms with Crippen molar-refractivity contribution in [1.82, 2.24) is 19.9 Å². The lowest BCUT2D eigenvalue weighted by Gasteiger charge is -2.25. The third-order valence-corrected chi connectivity index (χ3v) is 3.81. The topological polar surface area (TPSA) is 51.0 Å². The Hall–Kier alpha value is -2.38. The monoisotopic (exact) mass is 324 g/mol. The average Bonchev–Trinajstić information content (AvgIpc) is 3.04. The van der Waals surface area contributed by atoms with Gasteiger partial charge in [-0.05, 0) is 43.5 Å². The van der Waals surface area contributed by atoms with Gasteiger partial charge in [0.05, 0.1) is 17.4 Å². The van der Waals surface area contributed by atoms with Crippen molar-refractivity contribution in [2.45, 2.75) is 25.4 Å². The Bertz CT molecular complexity index is 687. The van der Waals surface area contributed by atoms with Crippen LogP contribution in [0.5, 0.6) is 0 Å². The molecule has 1 fully saturated rings. The van der Waals surface area contributed by atoms with E-state index < -0.39 is 11.7 Å². The lowest BCUT2D eigenvalue weighted by atomic mass is 10.1. The van der Waals surface area contributed by atoms with E-state index in [0.717, 1.165) is 31.4 Å². The van der Waals surface area contributed by atoms with Gasteiger partial charge in [0.15, 0.2) is 5.69 Å². The number of amides is 1. The first-order valence-corrected chi connectivity index (χ1v) is 7.34. The molecule has 0 aliphatic carbocycles. The van der Waals surface area contributed by atoms with Crippen molar-refractivity contribution in [2.75, 3.05) is 13.1 Å². The molecule has 1 aromatic heterocycles. The van der Waals surface area contributed by atoms with E-state index in [9.17, 15) is 18.0 Å². The summed E-state index contributed by atoms with van der Waals surface area (Å²) in [6.45, 7) is 1.40. The van der Waals surface area contributed by atoms with E-state index >= 15 is 0 Å². The number of likely N-dealkylation sites (tertiary alicyclic amines) is 1.